The highest BCUT2D eigenvalue weighted by Gasteiger charge is 2.15. The van der Waals surface area contributed by atoms with Crippen LogP contribution in [0.25, 0.3) is 5.69 Å². The molecule has 3 aromatic heterocycles. The van der Waals surface area contributed by atoms with Gasteiger partial charge in [-0.3, -0.25) is 4.79 Å². The molecule has 0 aliphatic carbocycles. The van der Waals surface area contributed by atoms with Gasteiger partial charge in [0.2, 0.25) is 0 Å². The van der Waals surface area contributed by atoms with E-state index in [0.29, 0.717) is 17.1 Å². The summed E-state index contributed by atoms with van der Waals surface area (Å²) in [5.41, 5.74) is 1.51. The number of amides is 1. The molecule has 0 radical (unpaired) electrons. The van der Waals surface area contributed by atoms with E-state index in [-0.39, 0.29) is 5.91 Å². The summed E-state index contributed by atoms with van der Waals surface area (Å²) < 4.78 is 1.46. The lowest BCUT2D eigenvalue weighted by Gasteiger charge is -2.04. The van der Waals surface area contributed by atoms with Crippen LogP contribution in [0.3, 0.4) is 0 Å². The van der Waals surface area contributed by atoms with Crippen LogP contribution in [0.4, 0.5) is 0 Å². The predicted molar refractivity (Wildman–Crippen MR) is 66.8 cm³/mol. The first-order valence-electron chi connectivity index (χ1n) is 5.41. The van der Waals surface area contributed by atoms with Gasteiger partial charge in [-0.25, -0.2) is 4.98 Å². The van der Waals surface area contributed by atoms with Crippen molar-refractivity contribution in [2.24, 2.45) is 0 Å². The van der Waals surface area contributed by atoms with Gasteiger partial charge in [0, 0.05) is 6.20 Å². The van der Waals surface area contributed by atoms with Crippen molar-refractivity contribution >= 4 is 17.2 Å². The van der Waals surface area contributed by atoms with E-state index in [0.717, 1.165) is 5.69 Å². The molecule has 0 aromatic carbocycles. The van der Waals surface area contributed by atoms with Gasteiger partial charge in [-0.05, 0) is 21.9 Å². The molecule has 0 saturated heterocycles. The monoisotopic (exact) mass is 275 g/mol. The van der Waals surface area contributed by atoms with E-state index in [1.54, 1.807) is 18.6 Å². The molecular weight excluding hydrogens is 266 g/mol. The van der Waals surface area contributed by atoms with Gasteiger partial charge in [-0.2, -0.15) is 4.68 Å². The molecule has 0 bridgehead atoms. The van der Waals surface area contributed by atoms with Gasteiger partial charge in [0.25, 0.3) is 5.91 Å². The second-order valence-corrected chi connectivity index (χ2v) is 4.56. The fourth-order valence-electron chi connectivity index (χ4n) is 1.56. The molecule has 0 aliphatic rings. The molecule has 19 heavy (non-hydrogen) atoms. The minimum Gasteiger partial charge on any atom is -0.347 e. The lowest BCUT2D eigenvalue weighted by molar-refractivity contribution is 0.0954. The van der Waals surface area contributed by atoms with E-state index >= 15 is 0 Å². The van der Waals surface area contributed by atoms with Crippen molar-refractivity contribution in [3.8, 4) is 5.69 Å². The number of nitrogens with one attached hydrogen (secondary N) is 2. The van der Waals surface area contributed by atoms with Crippen LogP contribution in [0.2, 0.25) is 0 Å². The molecule has 0 atom stereocenters. The van der Waals surface area contributed by atoms with E-state index in [2.05, 4.69) is 30.8 Å². The summed E-state index contributed by atoms with van der Waals surface area (Å²) >= 11 is 1.34. The molecule has 3 rings (SSSR count). The lowest BCUT2D eigenvalue weighted by Crippen LogP contribution is -2.23. The summed E-state index contributed by atoms with van der Waals surface area (Å²) in [6.45, 7) is 0.395. The number of thiophene rings is 1. The Balaban J connectivity index is 1.75. The Morgan fingerprint density at radius 3 is 3.21 bits per heavy atom. The van der Waals surface area contributed by atoms with E-state index in [1.165, 1.54) is 22.3 Å². The van der Waals surface area contributed by atoms with Gasteiger partial charge < -0.3 is 10.3 Å². The Kier molecular flexibility index (Phi) is 3.02. The Morgan fingerprint density at radius 1 is 1.53 bits per heavy atom. The molecule has 3 aromatic rings. The van der Waals surface area contributed by atoms with Crippen LogP contribution in [0, 0.1) is 0 Å². The molecule has 1 amide bonds. The van der Waals surface area contributed by atoms with Crippen molar-refractivity contribution in [3.63, 3.8) is 0 Å². The van der Waals surface area contributed by atoms with Crippen molar-refractivity contribution in [2.75, 3.05) is 0 Å². The number of nitrogens with zero attached hydrogens (tertiary/aromatic N) is 5. The Morgan fingerprint density at radius 2 is 2.47 bits per heavy atom. The molecule has 96 valence electrons. The third-order valence-corrected chi connectivity index (χ3v) is 3.34. The highest BCUT2D eigenvalue weighted by atomic mass is 32.1. The smallest absolute Gasteiger partial charge is 0.263 e. The van der Waals surface area contributed by atoms with Crippen molar-refractivity contribution in [2.45, 2.75) is 6.54 Å². The normalized spacial score (nSPS) is 10.5. The molecule has 0 spiro atoms. The summed E-state index contributed by atoms with van der Waals surface area (Å²) in [6.07, 6.45) is 4.68. The molecule has 8 nitrogen and oxygen atoms in total. The molecule has 0 unspecified atom stereocenters. The summed E-state index contributed by atoms with van der Waals surface area (Å²) in [4.78, 5) is 19.5. The highest BCUT2D eigenvalue weighted by Crippen LogP contribution is 2.19. The van der Waals surface area contributed by atoms with Gasteiger partial charge in [0.05, 0.1) is 24.3 Å². The maximum absolute atomic E-state index is 12.1. The largest absolute Gasteiger partial charge is 0.347 e. The molecular formula is C10H9N7OS. The maximum Gasteiger partial charge on any atom is 0.263 e. The average molecular weight is 275 g/mol. The third-order valence-electron chi connectivity index (χ3n) is 2.44. The van der Waals surface area contributed by atoms with Gasteiger partial charge in [0.1, 0.15) is 11.2 Å². The van der Waals surface area contributed by atoms with Crippen LogP contribution in [-0.2, 0) is 6.54 Å². The first-order chi connectivity index (χ1) is 9.34. The van der Waals surface area contributed by atoms with Crippen LogP contribution >= 0.6 is 11.3 Å². The highest BCUT2D eigenvalue weighted by molar-refractivity contribution is 7.12. The standard InChI is InChI=1S/C10H9N7OS/c18-10(12-4-7-3-11-5-13-7)9-8(1-2-19-9)17-6-14-15-16-17/h1-3,5-6H,4H2,(H,11,13)(H,12,18). The lowest BCUT2D eigenvalue weighted by atomic mass is 10.3. The predicted octanol–water partition coefficient (Wildman–Crippen LogP) is 0.377. The summed E-state index contributed by atoms with van der Waals surface area (Å²) in [7, 11) is 0. The fraction of sp³-hybridized carbons (Fsp3) is 0.100. The van der Waals surface area contributed by atoms with E-state index in [9.17, 15) is 4.79 Å². The average Bonchev–Trinajstić information content (AvgIpc) is 3.14. The summed E-state index contributed by atoms with van der Waals surface area (Å²) in [5.74, 6) is -0.171. The van der Waals surface area contributed by atoms with Crippen molar-refractivity contribution in [3.05, 3.63) is 40.9 Å². The zero-order chi connectivity index (χ0) is 13.1. The van der Waals surface area contributed by atoms with Gasteiger partial charge >= 0.3 is 0 Å². The Hall–Kier alpha value is -2.55. The Labute approximate surface area is 111 Å². The van der Waals surface area contributed by atoms with Crippen LogP contribution in [0.5, 0.6) is 0 Å². The van der Waals surface area contributed by atoms with Crippen molar-refractivity contribution in [1.29, 1.82) is 0 Å². The number of rotatable bonds is 4. The maximum atomic E-state index is 12.1. The summed E-state index contributed by atoms with van der Waals surface area (Å²) in [5, 5.41) is 15.5. The molecule has 0 saturated carbocycles. The number of carbonyl (C=O) groups is 1. The second kappa shape index (κ2) is 4.98. The van der Waals surface area contributed by atoms with Crippen molar-refractivity contribution in [1.82, 2.24) is 35.5 Å². The van der Waals surface area contributed by atoms with Gasteiger partial charge in [-0.15, -0.1) is 16.4 Å². The fourth-order valence-corrected chi connectivity index (χ4v) is 2.36. The number of carbonyl (C=O) groups excluding carboxylic acids is 1. The number of imidazole rings is 1. The minimum absolute atomic E-state index is 0.171. The molecule has 0 fully saturated rings. The number of hydrogen-bond acceptors (Lipinski definition) is 6. The molecule has 0 aliphatic heterocycles. The van der Waals surface area contributed by atoms with Crippen LogP contribution in [0.15, 0.2) is 30.3 Å². The van der Waals surface area contributed by atoms with Crippen LogP contribution in [0.1, 0.15) is 15.4 Å². The van der Waals surface area contributed by atoms with E-state index < -0.39 is 0 Å². The van der Waals surface area contributed by atoms with Crippen LogP contribution in [-0.4, -0.2) is 36.1 Å². The van der Waals surface area contributed by atoms with Gasteiger partial charge in [-0.1, -0.05) is 0 Å². The molecule has 9 heteroatoms. The number of aromatic amines is 1. The van der Waals surface area contributed by atoms with Crippen molar-refractivity contribution < 1.29 is 4.79 Å². The third kappa shape index (κ3) is 2.36. The van der Waals surface area contributed by atoms with E-state index in [4.69, 9.17) is 0 Å². The molecule has 3 heterocycles. The molecule has 2 N–H and O–H groups in total. The first-order valence-corrected chi connectivity index (χ1v) is 6.29. The van der Waals surface area contributed by atoms with Crippen LogP contribution < -0.4 is 5.32 Å². The Bertz CT molecular complexity index is 658. The topological polar surface area (TPSA) is 101 Å². The second-order valence-electron chi connectivity index (χ2n) is 3.65. The zero-order valence-corrected chi connectivity index (χ0v) is 10.5. The number of tetrazole rings is 1. The SMILES string of the molecule is O=C(NCc1cnc[nH]1)c1sccc1-n1cnnn1. The summed E-state index contributed by atoms with van der Waals surface area (Å²) in [6, 6.07) is 1.80. The number of H-pyrrole nitrogens is 1. The quantitative estimate of drug-likeness (QED) is 0.716. The zero-order valence-electron chi connectivity index (χ0n) is 9.65. The van der Waals surface area contributed by atoms with E-state index in [1.807, 2.05) is 5.38 Å². The van der Waals surface area contributed by atoms with Gasteiger partial charge in [0.15, 0.2) is 0 Å². The number of aromatic nitrogens is 6. The number of hydrogen-bond donors (Lipinski definition) is 2. The minimum atomic E-state index is -0.171. The first kappa shape index (κ1) is 11.5.